The number of rotatable bonds is 14. The van der Waals surface area contributed by atoms with E-state index in [-0.39, 0.29) is 19.0 Å². The van der Waals surface area contributed by atoms with E-state index in [0.29, 0.717) is 38.5 Å². The SMILES string of the molecule is CCCC(CCC)C(C(=O)O)C(C(=O)O)(C(CCC)CCC)S(=O)(=O)O.N. The van der Waals surface area contributed by atoms with E-state index in [1.807, 2.05) is 13.8 Å². The Morgan fingerprint density at radius 3 is 1.44 bits per heavy atom. The Hall–Kier alpha value is -1.19. The third-order valence-electron chi connectivity index (χ3n) is 5.16. The second-order valence-electron chi connectivity index (χ2n) is 7.00. The summed E-state index contributed by atoms with van der Waals surface area (Å²) in [7, 11) is -5.18. The van der Waals surface area contributed by atoms with E-state index in [1.165, 1.54) is 0 Å². The quantitative estimate of drug-likeness (QED) is 0.311. The van der Waals surface area contributed by atoms with Crippen LogP contribution < -0.4 is 6.15 Å². The number of carboxylic acid groups (broad SMARTS) is 2. The molecule has 0 rings (SSSR count). The first-order chi connectivity index (χ1) is 12.1. The lowest BCUT2D eigenvalue weighted by molar-refractivity contribution is -0.157. The van der Waals surface area contributed by atoms with E-state index < -0.39 is 44.6 Å². The molecule has 6 N–H and O–H groups in total. The molecule has 2 unspecified atom stereocenters. The minimum absolute atomic E-state index is 0. The Morgan fingerprint density at radius 1 is 0.852 bits per heavy atom. The summed E-state index contributed by atoms with van der Waals surface area (Å²) in [5.41, 5.74) is 0. The lowest BCUT2D eigenvalue weighted by Crippen LogP contribution is -2.61. The van der Waals surface area contributed by atoms with Crippen molar-refractivity contribution in [2.45, 2.75) is 83.8 Å². The van der Waals surface area contributed by atoms with Crippen LogP contribution in [0.3, 0.4) is 0 Å². The molecule has 0 aromatic heterocycles. The van der Waals surface area contributed by atoms with Crippen molar-refractivity contribution < 1.29 is 32.8 Å². The average Bonchev–Trinajstić information content (AvgIpc) is 2.50. The van der Waals surface area contributed by atoms with Crippen LogP contribution >= 0.6 is 0 Å². The molecule has 0 spiro atoms. The van der Waals surface area contributed by atoms with Gasteiger partial charge in [0.05, 0.1) is 5.92 Å². The van der Waals surface area contributed by atoms with Crippen LogP contribution in [0.1, 0.15) is 79.1 Å². The normalized spacial score (nSPS) is 15.2. The van der Waals surface area contributed by atoms with Crippen LogP contribution in [0.15, 0.2) is 0 Å². The smallest absolute Gasteiger partial charge is 0.328 e. The van der Waals surface area contributed by atoms with Crippen molar-refractivity contribution in [1.82, 2.24) is 6.15 Å². The Morgan fingerprint density at radius 2 is 1.22 bits per heavy atom. The summed E-state index contributed by atoms with van der Waals surface area (Å²) in [5, 5.41) is 19.9. The van der Waals surface area contributed by atoms with E-state index >= 15 is 0 Å². The zero-order chi connectivity index (χ0) is 20.5. The fourth-order valence-corrected chi connectivity index (χ4v) is 5.76. The first-order valence-corrected chi connectivity index (χ1v) is 10.9. The Labute approximate surface area is 163 Å². The van der Waals surface area contributed by atoms with Crippen LogP contribution in [-0.4, -0.2) is 39.9 Å². The highest BCUT2D eigenvalue weighted by Gasteiger charge is 2.64. The average molecular weight is 412 g/mol. The van der Waals surface area contributed by atoms with E-state index in [4.69, 9.17) is 0 Å². The lowest BCUT2D eigenvalue weighted by Gasteiger charge is -2.41. The predicted molar refractivity (Wildman–Crippen MR) is 105 cm³/mol. The van der Waals surface area contributed by atoms with E-state index in [2.05, 4.69) is 0 Å². The Kier molecular flexibility index (Phi) is 12.8. The molecule has 0 amide bonds. The fourth-order valence-electron chi connectivity index (χ4n) is 4.27. The van der Waals surface area contributed by atoms with Gasteiger partial charge in [-0.3, -0.25) is 14.1 Å². The molecule has 8 nitrogen and oxygen atoms in total. The highest BCUT2D eigenvalue weighted by atomic mass is 32.2. The molecule has 162 valence electrons. The zero-order valence-electron chi connectivity index (χ0n) is 17.0. The maximum atomic E-state index is 12.5. The van der Waals surface area contributed by atoms with Gasteiger partial charge >= 0.3 is 11.9 Å². The van der Waals surface area contributed by atoms with Gasteiger partial charge in [-0.2, -0.15) is 8.42 Å². The minimum atomic E-state index is -5.18. The van der Waals surface area contributed by atoms with Gasteiger partial charge in [0.25, 0.3) is 10.1 Å². The van der Waals surface area contributed by atoms with Crippen LogP contribution in [0.4, 0.5) is 0 Å². The molecular weight excluding hydrogens is 374 g/mol. The van der Waals surface area contributed by atoms with Gasteiger partial charge in [0.2, 0.25) is 4.75 Å². The molecule has 27 heavy (non-hydrogen) atoms. The molecule has 0 bridgehead atoms. The van der Waals surface area contributed by atoms with Gasteiger partial charge in [-0.15, -0.1) is 0 Å². The maximum Gasteiger partial charge on any atom is 0.328 e. The van der Waals surface area contributed by atoms with Crippen molar-refractivity contribution in [3.05, 3.63) is 0 Å². The van der Waals surface area contributed by atoms with E-state index in [9.17, 15) is 32.8 Å². The minimum Gasteiger partial charge on any atom is -0.481 e. The number of carbonyl (C=O) groups is 2. The highest BCUT2D eigenvalue weighted by molar-refractivity contribution is 7.88. The summed E-state index contributed by atoms with van der Waals surface area (Å²) < 4.78 is 32.2. The number of hydrogen-bond acceptors (Lipinski definition) is 5. The van der Waals surface area contributed by atoms with Gasteiger partial charge in [-0.1, -0.05) is 53.4 Å². The molecule has 0 radical (unpaired) electrons. The number of carboxylic acids is 2. The monoisotopic (exact) mass is 411 g/mol. The van der Waals surface area contributed by atoms with Crippen molar-refractivity contribution in [1.29, 1.82) is 0 Å². The van der Waals surface area contributed by atoms with Crippen LogP contribution in [0.5, 0.6) is 0 Å². The van der Waals surface area contributed by atoms with Crippen molar-refractivity contribution in [2.75, 3.05) is 0 Å². The fraction of sp³-hybridized carbons (Fsp3) is 0.889. The molecule has 0 fully saturated rings. The molecule has 0 aromatic carbocycles. The molecule has 0 saturated heterocycles. The topological polar surface area (TPSA) is 164 Å². The number of hydrogen-bond donors (Lipinski definition) is 4. The van der Waals surface area contributed by atoms with Crippen molar-refractivity contribution in [2.24, 2.45) is 17.8 Å². The van der Waals surface area contributed by atoms with Gasteiger partial charge in [-0.05, 0) is 37.5 Å². The molecule has 0 aromatic rings. The van der Waals surface area contributed by atoms with Crippen molar-refractivity contribution in [3.63, 3.8) is 0 Å². The maximum absolute atomic E-state index is 12.5. The number of aliphatic carboxylic acids is 2. The molecule has 0 aliphatic heterocycles. The molecule has 0 saturated carbocycles. The van der Waals surface area contributed by atoms with Crippen LogP contribution in [0.25, 0.3) is 0 Å². The van der Waals surface area contributed by atoms with E-state index in [0.717, 1.165) is 0 Å². The van der Waals surface area contributed by atoms with Gasteiger partial charge < -0.3 is 16.4 Å². The second kappa shape index (κ2) is 12.3. The van der Waals surface area contributed by atoms with Gasteiger partial charge in [0.1, 0.15) is 0 Å². The molecule has 9 heteroatoms. The van der Waals surface area contributed by atoms with Crippen LogP contribution in [0, 0.1) is 17.8 Å². The molecular formula is C18H37NO7S. The highest BCUT2D eigenvalue weighted by Crippen LogP contribution is 2.45. The first-order valence-electron chi connectivity index (χ1n) is 9.49. The first kappa shape index (κ1) is 28.0. The standard InChI is InChI=1S/C18H34O7S.H3N/c1-5-9-13(10-6-2)15(16(19)20)18(17(21)22,26(23,24)25)14(11-7-3)12-8-4;/h13-15H,5-12H2,1-4H3,(H,19,20)(H,21,22)(H,23,24,25);1H3. The summed E-state index contributed by atoms with van der Waals surface area (Å²) in [5.74, 6) is -6.55. The van der Waals surface area contributed by atoms with Gasteiger partial charge in [0.15, 0.2) is 0 Å². The molecule has 0 aliphatic rings. The van der Waals surface area contributed by atoms with Crippen LogP contribution in [0.2, 0.25) is 0 Å². The summed E-state index contributed by atoms with van der Waals surface area (Å²) in [6.07, 6.45) is 3.40. The summed E-state index contributed by atoms with van der Waals surface area (Å²) >= 11 is 0. The van der Waals surface area contributed by atoms with E-state index in [1.54, 1.807) is 13.8 Å². The summed E-state index contributed by atoms with van der Waals surface area (Å²) in [6, 6.07) is 0. The Balaban J connectivity index is 0. The summed E-state index contributed by atoms with van der Waals surface area (Å²) in [6.45, 7) is 7.25. The Bertz CT molecular complexity index is 552. The molecule has 2 atom stereocenters. The molecule has 0 heterocycles. The van der Waals surface area contributed by atoms with Crippen molar-refractivity contribution in [3.8, 4) is 0 Å². The second-order valence-corrected chi connectivity index (χ2v) is 8.63. The van der Waals surface area contributed by atoms with Crippen LogP contribution in [-0.2, 0) is 19.7 Å². The third kappa shape index (κ3) is 6.15. The van der Waals surface area contributed by atoms with Gasteiger partial charge in [0, 0.05) is 0 Å². The predicted octanol–water partition coefficient (Wildman–Crippen LogP) is 3.99. The largest absolute Gasteiger partial charge is 0.481 e. The third-order valence-corrected chi connectivity index (χ3v) is 6.78. The van der Waals surface area contributed by atoms with Crippen molar-refractivity contribution >= 4 is 22.1 Å². The lowest BCUT2D eigenvalue weighted by atomic mass is 9.69. The summed E-state index contributed by atoms with van der Waals surface area (Å²) in [4.78, 5) is 24.5. The zero-order valence-corrected chi connectivity index (χ0v) is 17.8. The molecule has 0 aliphatic carbocycles. The van der Waals surface area contributed by atoms with Gasteiger partial charge in [-0.25, -0.2) is 0 Å².